The molecule has 0 aliphatic heterocycles. The molecule has 9 heteroatoms. The van der Waals surface area contributed by atoms with Crippen molar-refractivity contribution in [2.75, 3.05) is 29.5 Å². The second-order valence-corrected chi connectivity index (χ2v) is 8.57. The molecule has 31 heavy (non-hydrogen) atoms. The van der Waals surface area contributed by atoms with Gasteiger partial charge in [-0.05, 0) is 42.8 Å². The van der Waals surface area contributed by atoms with Gasteiger partial charge in [0, 0.05) is 6.54 Å². The van der Waals surface area contributed by atoms with E-state index in [1.54, 1.807) is 61.5 Å². The molecule has 0 aliphatic carbocycles. The Balaban J connectivity index is 2.37. The van der Waals surface area contributed by atoms with Crippen LogP contribution in [-0.4, -0.2) is 46.2 Å². The standard InChI is InChI=1S/C22H27N3O5S/c1-5-15-23-21(26)18-9-7-8-10-19(18)24-22(27)20(6-2)25(31(4,28)29)16-11-13-17(30-3)14-12-16/h5,7-14,20H,1,6,15H2,2-4H3,(H,23,26)(H,24,27)/t20-/m0/s1. The van der Waals surface area contributed by atoms with Crippen molar-refractivity contribution in [3.63, 3.8) is 0 Å². The largest absolute Gasteiger partial charge is 0.497 e. The van der Waals surface area contributed by atoms with E-state index < -0.39 is 22.0 Å². The van der Waals surface area contributed by atoms with Crippen LogP contribution in [0.15, 0.2) is 61.2 Å². The van der Waals surface area contributed by atoms with Crippen molar-refractivity contribution in [2.24, 2.45) is 0 Å². The summed E-state index contributed by atoms with van der Waals surface area (Å²) in [5.74, 6) is -0.360. The fourth-order valence-corrected chi connectivity index (χ4v) is 4.27. The molecule has 0 saturated carbocycles. The first-order valence-corrected chi connectivity index (χ1v) is 11.5. The van der Waals surface area contributed by atoms with Crippen LogP contribution in [0.5, 0.6) is 5.75 Å². The van der Waals surface area contributed by atoms with Crippen molar-refractivity contribution in [2.45, 2.75) is 19.4 Å². The number of ether oxygens (including phenoxy) is 1. The second kappa shape index (κ2) is 10.6. The van der Waals surface area contributed by atoms with Gasteiger partial charge in [0.15, 0.2) is 0 Å². The number of amides is 2. The molecule has 2 aromatic carbocycles. The van der Waals surface area contributed by atoms with Crippen molar-refractivity contribution < 1.29 is 22.7 Å². The molecule has 2 rings (SSSR count). The number of carbonyl (C=O) groups is 2. The minimum absolute atomic E-state index is 0.218. The van der Waals surface area contributed by atoms with E-state index in [1.807, 2.05) is 0 Å². The molecule has 0 spiro atoms. The highest BCUT2D eigenvalue weighted by molar-refractivity contribution is 7.92. The zero-order chi connectivity index (χ0) is 23.0. The molecular formula is C22H27N3O5S. The van der Waals surface area contributed by atoms with Crippen molar-refractivity contribution >= 4 is 33.2 Å². The van der Waals surface area contributed by atoms with Crippen LogP contribution in [0.25, 0.3) is 0 Å². The lowest BCUT2D eigenvalue weighted by atomic mass is 10.1. The monoisotopic (exact) mass is 445 g/mol. The molecule has 0 radical (unpaired) electrons. The molecule has 0 bridgehead atoms. The average molecular weight is 446 g/mol. The normalized spacial score (nSPS) is 11.8. The van der Waals surface area contributed by atoms with E-state index in [-0.39, 0.29) is 30.1 Å². The molecule has 2 N–H and O–H groups in total. The Kier molecular flexibility index (Phi) is 8.21. The summed E-state index contributed by atoms with van der Waals surface area (Å²) in [6, 6.07) is 11.9. The Morgan fingerprint density at radius 1 is 1.16 bits per heavy atom. The van der Waals surface area contributed by atoms with Gasteiger partial charge in [-0.25, -0.2) is 8.42 Å². The van der Waals surface area contributed by atoms with Crippen LogP contribution in [-0.2, 0) is 14.8 Å². The Morgan fingerprint density at radius 2 is 1.81 bits per heavy atom. The number of anilines is 2. The van der Waals surface area contributed by atoms with E-state index in [0.29, 0.717) is 11.4 Å². The van der Waals surface area contributed by atoms with Gasteiger partial charge in [-0.3, -0.25) is 13.9 Å². The summed E-state index contributed by atoms with van der Waals surface area (Å²) in [6.45, 7) is 5.55. The first-order chi connectivity index (χ1) is 14.7. The number of nitrogens with zero attached hydrogens (tertiary/aromatic N) is 1. The molecule has 166 valence electrons. The quantitative estimate of drug-likeness (QED) is 0.547. The molecule has 8 nitrogen and oxygen atoms in total. The lowest BCUT2D eigenvalue weighted by Gasteiger charge is -2.30. The lowest BCUT2D eigenvalue weighted by Crippen LogP contribution is -2.47. The maximum atomic E-state index is 13.1. The first kappa shape index (κ1) is 23.9. The predicted molar refractivity (Wildman–Crippen MR) is 122 cm³/mol. The number of hydrogen-bond acceptors (Lipinski definition) is 5. The SMILES string of the molecule is C=CCNC(=O)c1ccccc1NC(=O)[C@H](CC)N(c1ccc(OC)cc1)S(C)(=O)=O. The summed E-state index contributed by atoms with van der Waals surface area (Å²) in [4.78, 5) is 25.5. The van der Waals surface area contributed by atoms with Crippen molar-refractivity contribution in [3.8, 4) is 5.75 Å². The number of sulfonamides is 1. The van der Waals surface area contributed by atoms with Crippen LogP contribution in [0.1, 0.15) is 23.7 Å². The number of methoxy groups -OCH3 is 1. The van der Waals surface area contributed by atoms with Gasteiger partial charge >= 0.3 is 0 Å². The van der Waals surface area contributed by atoms with E-state index in [1.165, 1.54) is 7.11 Å². The van der Waals surface area contributed by atoms with Gasteiger partial charge in [-0.2, -0.15) is 0 Å². The highest BCUT2D eigenvalue weighted by Crippen LogP contribution is 2.26. The van der Waals surface area contributed by atoms with Gasteiger partial charge in [0.05, 0.1) is 30.3 Å². The molecule has 0 unspecified atom stereocenters. The smallest absolute Gasteiger partial charge is 0.253 e. The predicted octanol–water partition coefficient (Wildman–Crippen LogP) is 2.79. The summed E-state index contributed by atoms with van der Waals surface area (Å²) < 4.78 is 31.3. The molecular weight excluding hydrogens is 418 g/mol. The Morgan fingerprint density at radius 3 is 2.35 bits per heavy atom. The molecule has 0 aromatic heterocycles. The number of rotatable bonds is 10. The van der Waals surface area contributed by atoms with Crippen LogP contribution in [0.4, 0.5) is 11.4 Å². The molecule has 0 heterocycles. The summed E-state index contributed by atoms with van der Waals surface area (Å²) >= 11 is 0. The third kappa shape index (κ3) is 6.08. The third-order valence-corrected chi connectivity index (χ3v) is 5.67. The van der Waals surface area contributed by atoms with E-state index in [2.05, 4.69) is 17.2 Å². The molecule has 0 aliphatic rings. The van der Waals surface area contributed by atoms with Crippen molar-refractivity contribution in [3.05, 3.63) is 66.7 Å². The minimum Gasteiger partial charge on any atom is -0.497 e. The highest BCUT2D eigenvalue weighted by Gasteiger charge is 2.32. The van der Waals surface area contributed by atoms with Gasteiger partial charge < -0.3 is 15.4 Å². The molecule has 1 atom stereocenters. The average Bonchev–Trinajstić information content (AvgIpc) is 2.75. The Labute approximate surface area is 183 Å². The van der Waals surface area contributed by atoms with Crippen molar-refractivity contribution in [1.82, 2.24) is 5.32 Å². The van der Waals surface area contributed by atoms with Crippen LogP contribution >= 0.6 is 0 Å². The molecule has 2 amide bonds. The summed E-state index contributed by atoms with van der Waals surface area (Å²) in [5, 5.41) is 5.37. The number of nitrogens with one attached hydrogen (secondary N) is 2. The summed E-state index contributed by atoms with van der Waals surface area (Å²) in [5.41, 5.74) is 0.890. The fraction of sp³-hybridized carbons (Fsp3) is 0.273. The Hall–Kier alpha value is -3.33. The van der Waals surface area contributed by atoms with Gasteiger partial charge in [-0.1, -0.05) is 25.1 Å². The van der Waals surface area contributed by atoms with E-state index in [9.17, 15) is 18.0 Å². The van der Waals surface area contributed by atoms with Crippen LogP contribution in [0, 0.1) is 0 Å². The molecule has 2 aromatic rings. The summed E-state index contributed by atoms with van der Waals surface area (Å²) in [6.07, 6.45) is 2.81. The topological polar surface area (TPSA) is 105 Å². The Bertz CT molecular complexity index is 1040. The minimum atomic E-state index is -3.78. The van der Waals surface area contributed by atoms with Gasteiger partial charge in [0.25, 0.3) is 5.91 Å². The number of carbonyl (C=O) groups excluding carboxylic acids is 2. The van der Waals surface area contributed by atoms with Crippen LogP contribution < -0.4 is 19.7 Å². The summed E-state index contributed by atoms with van der Waals surface area (Å²) in [7, 11) is -2.28. The van der Waals surface area contributed by atoms with Crippen molar-refractivity contribution in [1.29, 1.82) is 0 Å². The third-order valence-electron chi connectivity index (χ3n) is 4.49. The maximum absolute atomic E-state index is 13.1. The number of benzene rings is 2. The van der Waals surface area contributed by atoms with Gasteiger partial charge in [-0.15, -0.1) is 6.58 Å². The molecule has 0 fully saturated rings. The van der Waals surface area contributed by atoms with Crippen LogP contribution in [0.2, 0.25) is 0 Å². The van der Waals surface area contributed by atoms with E-state index in [4.69, 9.17) is 4.74 Å². The van der Waals surface area contributed by atoms with Gasteiger partial charge in [0.1, 0.15) is 11.8 Å². The fourth-order valence-electron chi connectivity index (χ4n) is 3.06. The molecule has 0 saturated heterocycles. The lowest BCUT2D eigenvalue weighted by molar-refractivity contribution is -0.117. The van der Waals surface area contributed by atoms with Gasteiger partial charge in [0.2, 0.25) is 15.9 Å². The second-order valence-electron chi connectivity index (χ2n) is 6.71. The van der Waals surface area contributed by atoms with E-state index >= 15 is 0 Å². The number of hydrogen-bond donors (Lipinski definition) is 2. The van der Waals surface area contributed by atoms with E-state index in [0.717, 1.165) is 10.6 Å². The zero-order valence-corrected chi connectivity index (χ0v) is 18.6. The highest BCUT2D eigenvalue weighted by atomic mass is 32.2. The number of para-hydroxylation sites is 1. The van der Waals surface area contributed by atoms with Crippen LogP contribution in [0.3, 0.4) is 0 Å². The zero-order valence-electron chi connectivity index (χ0n) is 17.8. The maximum Gasteiger partial charge on any atom is 0.253 e. The first-order valence-electron chi connectivity index (χ1n) is 9.65.